The highest BCUT2D eigenvalue weighted by molar-refractivity contribution is 9.10. The number of rotatable bonds is 4. The molecule has 0 aliphatic carbocycles. The van der Waals surface area contributed by atoms with E-state index in [1.807, 2.05) is 24.3 Å². The van der Waals surface area contributed by atoms with Gasteiger partial charge >= 0.3 is 0 Å². The van der Waals surface area contributed by atoms with E-state index in [0.717, 1.165) is 36.0 Å². The molecule has 112 valence electrons. The fourth-order valence-corrected chi connectivity index (χ4v) is 3.01. The maximum Gasteiger partial charge on any atom is 0.248 e. The van der Waals surface area contributed by atoms with E-state index in [2.05, 4.69) is 31.0 Å². The lowest BCUT2D eigenvalue weighted by molar-refractivity contribution is 0.0365. The van der Waals surface area contributed by atoms with Crippen molar-refractivity contribution in [3.8, 4) is 11.5 Å². The molecule has 2 heterocycles. The van der Waals surface area contributed by atoms with Gasteiger partial charge in [-0.3, -0.25) is 4.90 Å². The monoisotopic (exact) mass is 351 g/mol. The van der Waals surface area contributed by atoms with Crippen LogP contribution >= 0.6 is 15.9 Å². The maximum absolute atomic E-state index is 5.78. The summed E-state index contributed by atoms with van der Waals surface area (Å²) in [7, 11) is 1.78. The second-order valence-electron chi connectivity index (χ2n) is 5.19. The van der Waals surface area contributed by atoms with Gasteiger partial charge in [0, 0.05) is 24.7 Å². The van der Waals surface area contributed by atoms with Crippen molar-refractivity contribution >= 4 is 15.9 Å². The van der Waals surface area contributed by atoms with Gasteiger partial charge < -0.3 is 9.15 Å². The summed E-state index contributed by atoms with van der Waals surface area (Å²) in [6, 6.07) is 7.85. The van der Waals surface area contributed by atoms with Crippen molar-refractivity contribution in [2.45, 2.75) is 25.5 Å². The Morgan fingerprint density at radius 3 is 2.76 bits per heavy atom. The van der Waals surface area contributed by atoms with Gasteiger partial charge in [-0.1, -0.05) is 12.1 Å². The van der Waals surface area contributed by atoms with Gasteiger partial charge in [0.15, 0.2) is 0 Å². The second-order valence-corrected chi connectivity index (χ2v) is 6.05. The smallest absolute Gasteiger partial charge is 0.248 e. The summed E-state index contributed by atoms with van der Waals surface area (Å²) in [5.41, 5.74) is 0.925. The predicted molar refractivity (Wildman–Crippen MR) is 82.7 cm³/mol. The third kappa shape index (κ3) is 3.51. The fourth-order valence-electron chi connectivity index (χ4n) is 2.56. The summed E-state index contributed by atoms with van der Waals surface area (Å²) >= 11 is 3.50. The van der Waals surface area contributed by atoms with Crippen LogP contribution in [0.1, 0.15) is 18.7 Å². The van der Waals surface area contributed by atoms with Crippen LogP contribution in [0.2, 0.25) is 0 Å². The number of halogens is 1. The van der Waals surface area contributed by atoms with Gasteiger partial charge in [-0.15, -0.1) is 10.2 Å². The summed E-state index contributed by atoms with van der Waals surface area (Å²) in [6.07, 6.45) is 2.50. The lowest BCUT2D eigenvalue weighted by Gasteiger charge is -2.29. The molecule has 1 aromatic carbocycles. The molecule has 21 heavy (non-hydrogen) atoms. The van der Waals surface area contributed by atoms with Crippen LogP contribution in [0.4, 0.5) is 0 Å². The topological polar surface area (TPSA) is 51.4 Å². The van der Waals surface area contributed by atoms with Crippen LogP contribution in [0.3, 0.4) is 0 Å². The Hall–Kier alpha value is -1.24. The molecule has 1 aliphatic rings. The molecule has 0 bridgehead atoms. The standard InChI is InChI=1S/C15H18BrN3O2/c1-20-11-6-8-19(9-7-11)10-14-17-18-15(21-14)12-4-2-3-5-13(12)16/h2-5,11H,6-10H2,1H3. The van der Waals surface area contributed by atoms with Crippen molar-refractivity contribution in [3.63, 3.8) is 0 Å². The Morgan fingerprint density at radius 1 is 1.29 bits per heavy atom. The average molecular weight is 352 g/mol. The lowest BCUT2D eigenvalue weighted by Crippen LogP contribution is -2.36. The van der Waals surface area contributed by atoms with E-state index in [4.69, 9.17) is 9.15 Å². The van der Waals surface area contributed by atoms with E-state index in [1.165, 1.54) is 0 Å². The number of aromatic nitrogens is 2. The summed E-state index contributed by atoms with van der Waals surface area (Å²) < 4.78 is 12.1. The minimum absolute atomic E-state index is 0.389. The first-order valence-electron chi connectivity index (χ1n) is 7.08. The second kappa shape index (κ2) is 6.68. The zero-order valence-electron chi connectivity index (χ0n) is 12.0. The van der Waals surface area contributed by atoms with Crippen LogP contribution in [0.25, 0.3) is 11.5 Å². The summed E-state index contributed by atoms with van der Waals surface area (Å²) in [5, 5.41) is 8.30. The Balaban J connectivity index is 1.65. The Kier molecular flexibility index (Phi) is 4.67. The molecular formula is C15H18BrN3O2. The molecule has 0 unspecified atom stereocenters. The van der Waals surface area contributed by atoms with E-state index in [1.54, 1.807) is 7.11 Å². The highest BCUT2D eigenvalue weighted by Gasteiger charge is 2.20. The zero-order chi connectivity index (χ0) is 14.7. The summed E-state index contributed by atoms with van der Waals surface area (Å²) in [6.45, 7) is 2.71. The van der Waals surface area contributed by atoms with Crippen molar-refractivity contribution in [2.24, 2.45) is 0 Å². The molecule has 5 nitrogen and oxygen atoms in total. The molecule has 0 N–H and O–H groups in total. The molecule has 1 aliphatic heterocycles. The van der Waals surface area contributed by atoms with Gasteiger partial charge in [-0.25, -0.2) is 0 Å². The number of hydrogen-bond donors (Lipinski definition) is 0. The lowest BCUT2D eigenvalue weighted by atomic mass is 10.1. The van der Waals surface area contributed by atoms with Crippen LogP contribution in [-0.4, -0.2) is 41.4 Å². The molecule has 0 radical (unpaired) electrons. The zero-order valence-corrected chi connectivity index (χ0v) is 13.5. The molecular weight excluding hydrogens is 334 g/mol. The van der Waals surface area contributed by atoms with E-state index in [-0.39, 0.29) is 0 Å². The van der Waals surface area contributed by atoms with Crippen molar-refractivity contribution < 1.29 is 9.15 Å². The number of nitrogens with zero attached hydrogens (tertiary/aromatic N) is 3. The Bertz CT molecular complexity index is 594. The summed E-state index contributed by atoms with van der Waals surface area (Å²) in [5.74, 6) is 1.22. The molecule has 0 atom stereocenters. The normalized spacial score (nSPS) is 17.2. The van der Waals surface area contributed by atoms with Crippen LogP contribution in [0.15, 0.2) is 33.2 Å². The van der Waals surface area contributed by atoms with Gasteiger partial charge in [-0.2, -0.15) is 0 Å². The van der Waals surface area contributed by atoms with E-state index >= 15 is 0 Å². The third-order valence-corrected chi connectivity index (χ3v) is 4.49. The molecule has 1 aromatic heterocycles. The van der Waals surface area contributed by atoms with Crippen LogP contribution in [0, 0.1) is 0 Å². The van der Waals surface area contributed by atoms with Crippen LogP contribution in [0.5, 0.6) is 0 Å². The first-order valence-corrected chi connectivity index (χ1v) is 7.88. The summed E-state index contributed by atoms with van der Waals surface area (Å²) in [4.78, 5) is 2.33. The van der Waals surface area contributed by atoms with Crippen LogP contribution < -0.4 is 0 Å². The molecule has 2 aromatic rings. The van der Waals surface area contributed by atoms with E-state index in [0.29, 0.717) is 24.4 Å². The SMILES string of the molecule is COC1CCN(Cc2nnc(-c3ccccc3Br)o2)CC1. The molecule has 1 saturated heterocycles. The van der Waals surface area contributed by atoms with E-state index in [9.17, 15) is 0 Å². The first-order chi connectivity index (χ1) is 10.3. The number of piperidine rings is 1. The van der Waals surface area contributed by atoms with Crippen LogP contribution in [-0.2, 0) is 11.3 Å². The predicted octanol–water partition coefficient (Wildman–Crippen LogP) is 3.11. The molecule has 0 saturated carbocycles. The fraction of sp³-hybridized carbons (Fsp3) is 0.467. The van der Waals surface area contributed by atoms with Gasteiger partial charge in [0.2, 0.25) is 11.8 Å². The number of methoxy groups -OCH3 is 1. The van der Waals surface area contributed by atoms with Crippen molar-refractivity contribution in [1.29, 1.82) is 0 Å². The molecule has 3 rings (SSSR count). The third-order valence-electron chi connectivity index (χ3n) is 3.80. The quantitative estimate of drug-likeness (QED) is 0.846. The highest BCUT2D eigenvalue weighted by atomic mass is 79.9. The maximum atomic E-state index is 5.78. The molecule has 1 fully saturated rings. The molecule has 6 heteroatoms. The van der Waals surface area contributed by atoms with Gasteiger partial charge in [0.05, 0.1) is 18.2 Å². The number of ether oxygens (including phenoxy) is 1. The van der Waals surface area contributed by atoms with E-state index < -0.39 is 0 Å². The highest BCUT2D eigenvalue weighted by Crippen LogP contribution is 2.27. The number of hydrogen-bond acceptors (Lipinski definition) is 5. The van der Waals surface area contributed by atoms with Crippen molar-refractivity contribution in [1.82, 2.24) is 15.1 Å². The minimum Gasteiger partial charge on any atom is -0.419 e. The first kappa shape index (κ1) is 14.7. The number of likely N-dealkylation sites (tertiary alicyclic amines) is 1. The van der Waals surface area contributed by atoms with Crippen molar-refractivity contribution in [2.75, 3.05) is 20.2 Å². The average Bonchev–Trinajstić information content (AvgIpc) is 2.97. The molecule has 0 spiro atoms. The van der Waals surface area contributed by atoms with Gasteiger partial charge in [0.25, 0.3) is 0 Å². The molecule has 0 amide bonds. The van der Waals surface area contributed by atoms with Gasteiger partial charge in [0.1, 0.15) is 0 Å². The minimum atomic E-state index is 0.389. The van der Waals surface area contributed by atoms with Gasteiger partial charge in [-0.05, 0) is 40.9 Å². The van der Waals surface area contributed by atoms with Crippen molar-refractivity contribution in [3.05, 3.63) is 34.6 Å². The Morgan fingerprint density at radius 2 is 2.05 bits per heavy atom. The Labute approximate surface area is 132 Å². The number of benzene rings is 1. The largest absolute Gasteiger partial charge is 0.419 e.